The highest BCUT2D eigenvalue weighted by molar-refractivity contribution is 7.13. The fraction of sp³-hybridized carbons (Fsp3) is 0.500. The summed E-state index contributed by atoms with van der Waals surface area (Å²) in [4.78, 5) is 16.2. The smallest absolute Gasteiger partial charge is 0.367 e. The van der Waals surface area contributed by atoms with Crippen molar-refractivity contribution in [3.8, 4) is 0 Å². The van der Waals surface area contributed by atoms with Gasteiger partial charge in [-0.3, -0.25) is 0 Å². The summed E-state index contributed by atoms with van der Waals surface area (Å²) >= 11 is 1.35. The number of methoxy groups -OCH3 is 1. The van der Waals surface area contributed by atoms with Crippen LogP contribution in [0.3, 0.4) is 0 Å². The summed E-state index contributed by atoms with van der Waals surface area (Å²) in [5.74, 6) is -0.378. The lowest BCUT2D eigenvalue weighted by molar-refractivity contribution is 0.0600. The Morgan fingerprint density at radius 1 is 1.69 bits per heavy atom. The highest BCUT2D eigenvalue weighted by Gasteiger charge is 2.13. The first-order chi connectivity index (χ1) is 6.19. The Labute approximate surface area is 80.7 Å². The van der Waals surface area contributed by atoms with Crippen LogP contribution in [0.25, 0.3) is 0 Å². The van der Waals surface area contributed by atoms with Crippen LogP contribution in [-0.4, -0.2) is 24.6 Å². The number of nitrogens with zero attached hydrogens (tertiary/aromatic N) is 1. The molecule has 0 bridgehead atoms. The molecule has 1 aromatic rings. The van der Waals surface area contributed by atoms with Crippen molar-refractivity contribution < 1.29 is 9.53 Å². The first kappa shape index (κ1) is 10.1. The minimum Gasteiger partial charge on any atom is -0.464 e. The zero-order chi connectivity index (χ0) is 9.84. The molecule has 0 atom stereocenters. The predicted molar refractivity (Wildman–Crippen MR) is 50.9 cm³/mol. The van der Waals surface area contributed by atoms with Gasteiger partial charge in [0.25, 0.3) is 0 Å². The molecule has 72 valence electrons. The third kappa shape index (κ3) is 2.26. The molecule has 5 heteroatoms. The topological polar surface area (TPSA) is 65.2 Å². The Morgan fingerprint density at radius 3 is 2.92 bits per heavy atom. The molecule has 0 aliphatic rings. The van der Waals surface area contributed by atoms with Crippen molar-refractivity contribution >= 4 is 17.3 Å². The lowest BCUT2D eigenvalue weighted by atomic mass is 10.3. The molecule has 0 saturated carbocycles. The van der Waals surface area contributed by atoms with Gasteiger partial charge in [-0.1, -0.05) is 0 Å². The largest absolute Gasteiger partial charge is 0.464 e. The fourth-order valence-electron chi connectivity index (χ4n) is 0.966. The highest BCUT2D eigenvalue weighted by atomic mass is 32.1. The Kier molecular flexibility index (Phi) is 3.39. The molecular formula is C8H12N2O2S. The van der Waals surface area contributed by atoms with Gasteiger partial charge in [0.1, 0.15) is 0 Å². The zero-order valence-electron chi connectivity index (χ0n) is 7.66. The average Bonchev–Trinajstić information content (AvgIpc) is 2.47. The number of nitrogens with two attached hydrogens (primary N) is 1. The molecule has 0 aromatic carbocycles. The van der Waals surface area contributed by atoms with E-state index in [9.17, 15) is 4.79 Å². The average molecular weight is 200 g/mol. The molecule has 0 radical (unpaired) electrons. The first-order valence-electron chi connectivity index (χ1n) is 3.93. The van der Waals surface area contributed by atoms with Gasteiger partial charge in [-0.15, -0.1) is 11.3 Å². The number of aryl methyl sites for hydroxylation is 1. The van der Waals surface area contributed by atoms with Crippen LogP contribution in [0.1, 0.15) is 20.4 Å². The number of ether oxygens (including phenoxy) is 1. The van der Waals surface area contributed by atoms with Gasteiger partial charge in [0.15, 0.2) is 0 Å². The second kappa shape index (κ2) is 4.34. The van der Waals surface area contributed by atoms with Crippen molar-refractivity contribution in [2.45, 2.75) is 13.3 Å². The van der Waals surface area contributed by atoms with Crippen LogP contribution >= 0.6 is 11.3 Å². The second-order valence-electron chi connectivity index (χ2n) is 2.56. The monoisotopic (exact) mass is 200 g/mol. The SMILES string of the molecule is COC(=O)c1nc(C)c(CCN)s1. The van der Waals surface area contributed by atoms with E-state index >= 15 is 0 Å². The van der Waals surface area contributed by atoms with E-state index in [1.165, 1.54) is 18.4 Å². The number of hydrogen-bond donors (Lipinski definition) is 1. The van der Waals surface area contributed by atoms with E-state index in [0.717, 1.165) is 17.0 Å². The summed E-state index contributed by atoms with van der Waals surface area (Å²) in [6.07, 6.45) is 0.764. The Balaban J connectivity index is 2.88. The maximum absolute atomic E-state index is 11.1. The van der Waals surface area contributed by atoms with Crippen molar-refractivity contribution in [1.82, 2.24) is 4.98 Å². The Hall–Kier alpha value is -0.940. The van der Waals surface area contributed by atoms with Crippen LogP contribution in [-0.2, 0) is 11.2 Å². The van der Waals surface area contributed by atoms with Crippen LogP contribution in [0.2, 0.25) is 0 Å². The number of aromatic nitrogens is 1. The van der Waals surface area contributed by atoms with E-state index in [4.69, 9.17) is 5.73 Å². The molecule has 2 N–H and O–H groups in total. The standard InChI is InChI=1S/C8H12N2O2S/c1-5-6(3-4-9)13-7(10-5)8(11)12-2/h3-4,9H2,1-2H3. The molecule has 13 heavy (non-hydrogen) atoms. The molecule has 1 rings (SSSR count). The Morgan fingerprint density at radius 2 is 2.38 bits per heavy atom. The number of carbonyl (C=O) groups is 1. The van der Waals surface area contributed by atoms with E-state index in [1.54, 1.807) is 0 Å². The quantitative estimate of drug-likeness (QED) is 0.731. The van der Waals surface area contributed by atoms with E-state index in [1.807, 2.05) is 6.92 Å². The van der Waals surface area contributed by atoms with Gasteiger partial charge in [0.05, 0.1) is 12.8 Å². The molecule has 0 fully saturated rings. The second-order valence-corrected chi connectivity index (χ2v) is 3.64. The van der Waals surface area contributed by atoms with E-state index in [-0.39, 0.29) is 5.97 Å². The molecule has 0 saturated heterocycles. The van der Waals surface area contributed by atoms with Crippen molar-refractivity contribution in [2.24, 2.45) is 5.73 Å². The summed E-state index contributed by atoms with van der Waals surface area (Å²) in [7, 11) is 1.35. The van der Waals surface area contributed by atoms with Gasteiger partial charge in [0.2, 0.25) is 5.01 Å². The highest BCUT2D eigenvalue weighted by Crippen LogP contribution is 2.18. The van der Waals surface area contributed by atoms with Crippen molar-refractivity contribution in [3.05, 3.63) is 15.6 Å². The van der Waals surface area contributed by atoms with Crippen LogP contribution in [0.4, 0.5) is 0 Å². The molecule has 1 aromatic heterocycles. The molecule has 0 amide bonds. The lowest BCUT2D eigenvalue weighted by Gasteiger charge is -1.91. The van der Waals surface area contributed by atoms with Gasteiger partial charge < -0.3 is 10.5 Å². The molecule has 0 spiro atoms. The van der Waals surface area contributed by atoms with Crippen LogP contribution in [0.15, 0.2) is 0 Å². The van der Waals surface area contributed by atoms with Gasteiger partial charge in [0, 0.05) is 4.88 Å². The molecule has 1 heterocycles. The van der Waals surface area contributed by atoms with Crippen molar-refractivity contribution in [3.63, 3.8) is 0 Å². The summed E-state index contributed by atoms with van der Waals surface area (Å²) < 4.78 is 4.56. The number of thiazole rings is 1. The summed E-state index contributed by atoms with van der Waals surface area (Å²) in [6.45, 7) is 2.44. The van der Waals surface area contributed by atoms with Crippen molar-refractivity contribution in [2.75, 3.05) is 13.7 Å². The maximum atomic E-state index is 11.1. The van der Waals surface area contributed by atoms with Crippen LogP contribution in [0.5, 0.6) is 0 Å². The number of hydrogen-bond acceptors (Lipinski definition) is 5. The van der Waals surface area contributed by atoms with Crippen molar-refractivity contribution in [1.29, 1.82) is 0 Å². The summed E-state index contributed by atoms with van der Waals surface area (Å²) in [5, 5.41) is 0.406. The number of rotatable bonds is 3. The van der Waals surface area contributed by atoms with E-state index < -0.39 is 0 Å². The molecular weight excluding hydrogens is 188 g/mol. The van der Waals surface area contributed by atoms with E-state index in [2.05, 4.69) is 9.72 Å². The number of esters is 1. The zero-order valence-corrected chi connectivity index (χ0v) is 8.48. The van der Waals surface area contributed by atoms with Gasteiger partial charge in [-0.25, -0.2) is 9.78 Å². The number of carbonyl (C=O) groups excluding carboxylic acids is 1. The Bertz CT molecular complexity index is 309. The minimum absolute atomic E-state index is 0.378. The van der Waals surface area contributed by atoms with Gasteiger partial charge in [-0.2, -0.15) is 0 Å². The predicted octanol–water partition coefficient (Wildman–Crippen LogP) is 0.739. The molecule has 0 aliphatic carbocycles. The first-order valence-corrected chi connectivity index (χ1v) is 4.75. The normalized spacial score (nSPS) is 10.1. The molecule has 0 unspecified atom stereocenters. The summed E-state index contributed by atoms with van der Waals surface area (Å²) in [6, 6.07) is 0. The van der Waals surface area contributed by atoms with Crippen LogP contribution in [0, 0.1) is 6.92 Å². The maximum Gasteiger partial charge on any atom is 0.367 e. The van der Waals surface area contributed by atoms with E-state index in [0.29, 0.717) is 11.6 Å². The third-order valence-electron chi connectivity index (χ3n) is 1.62. The lowest BCUT2D eigenvalue weighted by Crippen LogP contribution is -2.01. The third-order valence-corrected chi connectivity index (χ3v) is 2.82. The molecule has 4 nitrogen and oxygen atoms in total. The van der Waals surface area contributed by atoms with Crippen LogP contribution < -0.4 is 5.73 Å². The van der Waals surface area contributed by atoms with Gasteiger partial charge in [-0.05, 0) is 19.9 Å². The summed E-state index contributed by atoms with van der Waals surface area (Å²) in [5.41, 5.74) is 6.28. The molecule has 0 aliphatic heterocycles. The van der Waals surface area contributed by atoms with Gasteiger partial charge >= 0.3 is 5.97 Å². The fourth-order valence-corrected chi connectivity index (χ4v) is 1.96. The minimum atomic E-state index is -0.378.